The highest BCUT2D eigenvalue weighted by molar-refractivity contribution is 6.14. The van der Waals surface area contributed by atoms with Crippen LogP contribution in [-0.2, 0) is 0 Å². The van der Waals surface area contributed by atoms with Crippen LogP contribution >= 0.6 is 0 Å². The number of likely N-dealkylation sites (tertiary alicyclic amines) is 1. The Morgan fingerprint density at radius 1 is 0.968 bits per heavy atom. The van der Waals surface area contributed by atoms with Gasteiger partial charge in [0.05, 0.1) is 22.1 Å². The molecule has 4 aromatic rings. The molecule has 5 heteroatoms. The highest BCUT2D eigenvalue weighted by Crippen LogP contribution is 2.45. The van der Waals surface area contributed by atoms with Crippen molar-refractivity contribution in [1.82, 2.24) is 14.9 Å². The molecule has 2 aliphatic rings. The van der Waals surface area contributed by atoms with Gasteiger partial charge in [0, 0.05) is 24.2 Å². The van der Waals surface area contributed by atoms with Crippen LogP contribution in [0.4, 0.5) is 5.69 Å². The van der Waals surface area contributed by atoms with Crippen molar-refractivity contribution in [2.24, 2.45) is 0 Å². The number of hydrogen-bond donors (Lipinski definition) is 0. The maximum atomic E-state index is 14.0. The van der Waals surface area contributed by atoms with Gasteiger partial charge >= 0.3 is 0 Å². The normalized spacial score (nSPS) is 20.8. The molecule has 0 bridgehead atoms. The van der Waals surface area contributed by atoms with E-state index in [1.165, 1.54) is 11.1 Å². The number of piperidine rings is 1. The third-order valence-corrected chi connectivity index (χ3v) is 6.77. The quantitative estimate of drug-likeness (QED) is 0.434. The molecule has 2 atom stereocenters. The third-order valence-electron chi connectivity index (χ3n) is 6.77. The van der Waals surface area contributed by atoms with Gasteiger partial charge in [0.1, 0.15) is 5.52 Å². The number of carbonyl (C=O) groups is 1. The Bertz CT molecular complexity index is 1350. The molecule has 1 fully saturated rings. The number of anilines is 1. The molecule has 1 amide bonds. The van der Waals surface area contributed by atoms with Crippen LogP contribution in [0, 0.1) is 6.92 Å². The first-order chi connectivity index (χ1) is 15.1. The van der Waals surface area contributed by atoms with E-state index < -0.39 is 0 Å². The molecule has 0 radical (unpaired) electrons. The Labute approximate surface area is 181 Å². The summed E-state index contributed by atoms with van der Waals surface area (Å²) in [5, 5.41) is 0. The number of benzene rings is 3. The van der Waals surface area contributed by atoms with Crippen LogP contribution in [0.3, 0.4) is 0 Å². The summed E-state index contributed by atoms with van der Waals surface area (Å²) in [7, 11) is 2.17. The standard InChI is InChI=1S/C26H24N4O/c1-16-10-11-23-18(14-16)19-15-29(2)13-12-24(19)30(23)26(31)17-6-5-9-22-25(17)28-21-8-4-3-7-20(21)27-22/h3-11,14,19,24H,12-13,15H2,1-2H3/t19-,24-/m0/s1. The Morgan fingerprint density at radius 3 is 2.58 bits per heavy atom. The molecule has 0 unspecified atom stereocenters. The van der Waals surface area contributed by atoms with E-state index in [2.05, 4.69) is 37.1 Å². The van der Waals surface area contributed by atoms with E-state index in [-0.39, 0.29) is 11.9 Å². The fraction of sp³-hybridized carbons (Fsp3) is 0.269. The molecule has 1 aromatic heterocycles. The van der Waals surface area contributed by atoms with E-state index in [4.69, 9.17) is 9.97 Å². The zero-order valence-electron chi connectivity index (χ0n) is 17.7. The van der Waals surface area contributed by atoms with Crippen molar-refractivity contribution in [2.75, 3.05) is 25.0 Å². The van der Waals surface area contributed by atoms with Gasteiger partial charge in [-0.25, -0.2) is 9.97 Å². The summed E-state index contributed by atoms with van der Waals surface area (Å²) in [6.45, 7) is 4.10. The molecular formula is C26H24N4O. The molecule has 3 aromatic carbocycles. The fourth-order valence-electron chi connectivity index (χ4n) is 5.29. The van der Waals surface area contributed by atoms with Crippen LogP contribution in [-0.4, -0.2) is 47.0 Å². The lowest BCUT2D eigenvalue weighted by Crippen LogP contribution is -2.47. The van der Waals surface area contributed by atoms with Crippen molar-refractivity contribution in [2.45, 2.75) is 25.3 Å². The molecule has 0 N–H and O–H groups in total. The average Bonchev–Trinajstić information content (AvgIpc) is 3.09. The number of para-hydroxylation sites is 3. The minimum Gasteiger partial charge on any atom is -0.306 e. The number of fused-ring (bicyclic) bond motifs is 5. The predicted octanol–water partition coefficient (Wildman–Crippen LogP) is 4.54. The Morgan fingerprint density at radius 2 is 1.74 bits per heavy atom. The van der Waals surface area contributed by atoms with Crippen molar-refractivity contribution in [3.05, 3.63) is 77.4 Å². The zero-order chi connectivity index (χ0) is 21.1. The topological polar surface area (TPSA) is 49.3 Å². The second-order valence-electron chi connectivity index (χ2n) is 8.85. The van der Waals surface area contributed by atoms with Gasteiger partial charge in [-0.3, -0.25) is 4.79 Å². The molecule has 5 nitrogen and oxygen atoms in total. The first-order valence-electron chi connectivity index (χ1n) is 10.9. The second kappa shape index (κ2) is 6.86. The highest BCUT2D eigenvalue weighted by atomic mass is 16.2. The SMILES string of the molecule is Cc1ccc2c(c1)[C@@H]1CN(C)CC[C@@H]1N2C(=O)c1cccc2nc3ccccc3nc12. The first kappa shape index (κ1) is 18.5. The summed E-state index contributed by atoms with van der Waals surface area (Å²) in [6, 6.07) is 20.2. The molecule has 0 aliphatic carbocycles. The Balaban J connectivity index is 1.51. The minimum atomic E-state index is 0.0253. The number of aryl methyl sites for hydroxylation is 1. The third kappa shape index (κ3) is 2.84. The van der Waals surface area contributed by atoms with E-state index in [9.17, 15) is 4.79 Å². The van der Waals surface area contributed by atoms with E-state index in [1.807, 2.05) is 47.4 Å². The molecule has 6 rings (SSSR count). The maximum absolute atomic E-state index is 14.0. The van der Waals surface area contributed by atoms with Gasteiger partial charge in [0.15, 0.2) is 0 Å². The fourth-order valence-corrected chi connectivity index (χ4v) is 5.29. The lowest BCUT2D eigenvalue weighted by atomic mass is 9.88. The molecule has 3 heterocycles. The average molecular weight is 409 g/mol. The van der Waals surface area contributed by atoms with Gasteiger partial charge < -0.3 is 9.80 Å². The van der Waals surface area contributed by atoms with E-state index in [0.29, 0.717) is 17.0 Å². The van der Waals surface area contributed by atoms with Crippen LogP contribution in [0.25, 0.3) is 22.1 Å². The van der Waals surface area contributed by atoms with Crippen LogP contribution in [0.2, 0.25) is 0 Å². The largest absolute Gasteiger partial charge is 0.306 e. The molecular weight excluding hydrogens is 384 g/mol. The summed E-state index contributed by atoms with van der Waals surface area (Å²) in [6.07, 6.45) is 0.972. The molecule has 31 heavy (non-hydrogen) atoms. The summed E-state index contributed by atoms with van der Waals surface area (Å²) >= 11 is 0. The van der Waals surface area contributed by atoms with Crippen LogP contribution < -0.4 is 4.90 Å². The van der Waals surface area contributed by atoms with Gasteiger partial charge in [0.2, 0.25) is 0 Å². The van der Waals surface area contributed by atoms with Gasteiger partial charge in [0.25, 0.3) is 5.91 Å². The zero-order valence-corrected chi connectivity index (χ0v) is 17.7. The molecule has 0 saturated carbocycles. The van der Waals surface area contributed by atoms with Gasteiger partial charge in [-0.15, -0.1) is 0 Å². The van der Waals surface area contributed by atoms with Gasteiger partial charge in [-0.1, -0.05) is 35.9 Å². The van der Waals surface area contributed by atoms with Crippen LogP contribution in [0.15, 0.2) is 60.7 Å². The monoisotopic (exact) mass is 408 g/mol. The lowest BCUT2D eigenvalue weighted by Gasteiger charge is -2.36. The van der Waals surface area contributed by atoms with E-state index in [0.717, 1.165) is 41.7 Å². The Kier molecular flexibility index (Phi) is 4.08. The van der Waals surface area contributed by atoms with Crippen molar-refractivity contribution in [1.29, 1.82) is 0 Å². The molecule has 0 spiro atoms. The molecule has 154 valence electrons. The van der Waals surface area contributed by atoms with Crippen molar-refractivity contribution >= 4 is 33.7 Å². The lowest BCUT2D eigenvalue weighted by molar-refractivity contribution is 0.0966. The number of likely N-dealkylation sites (N-methyl/N-ethyl adjacent to an activating group) is 1. The predicted molar refractivity (Wildman–Crippen MR) is 124 cm³/mol. The first-order valence-corrected chi connectivity index (χ1v) is 10.9. The van der Waals surface area contributed by atoms with Crippen molar-refractivity contribution < 1.29 is 4.79 Å². The Hall–Kier alpha value is -3.31. The number of rotatable bonds is 1. The summed E-state index contributed by atoms with van der Waals surface area (Å²) < 4.78 is 0. The number of carbonyl (C=O) groups excluding carboxylic acids is 1. The number of amides is 1. The summed E-state index contributed by atoms with van der Waals surface area (Å²) in [5.41, 5.74) is 7.29. The van der Waals surface area contributed by atoms with Crippen LogP contribution in [0.1, 0.15) is 33.8 Å². The maximum Gasteiger partial charge on any atom is 0.260 e. The molecule has 1 saturated heterocycles. The van der Waals surface area contributed by atoms with E-state index >= 15 is 0 Å². The number of hydrogen-bond acceptors (Lipinski definition) is 4. The van der Waals surface area contributed by atoms with Gasteiger partial charge in [-0.2, -0.15) is 0 Å². The van der Waals surface area contributed by atoms with Gasteiger partial charge in [-0.05, 0) is 62.8 Å². The van der Waals surface area contributed by atoms with E-state index in [1.54, 1.807) is 0 Å². The molecule has 2 aliphatic heterocycles. The second-order valence-corrected chi connectivity index (χ2v) is 8.85. The van der Waals surface area contributed by atoms with Crippen LogP contribution in [0.5, 0.6) is 0 Å². The van der Waals surface area contributed by atoms with Crippen molar-refractivity contribution in [3.8, 4) is 0 Å². The smallest absolute Gasteiger partial charge is 0.260 e. The number of nitrogens with zero attached hydrogens (tertiary/aromatic N) is 4. The number of aromatic nitrogens is 2. The van der Waals surface area contributed by atoms with Crippen molar-refractivity contribution in [3.63, 3.8) is 0 Å². The minimum absolute atomic E-state index is 0.0253. The highest BCUT2D eigenvalue weighted by Gasteiger charge is 2.44. The summed E-state index contributed by atoms with van der Waals surface area (Å²) in [4.78, 5) is 28.0. The summed E-state index contributed by atoms with van der Waals surface area (Å²) in [5.74, 6) is 0.372.